The number of hydrogen-bond acceptors (Lipinski definition) is 3. The molecule has 0 amide bonds. The zero-order valence-electron chi connectivity index (χ0n) is 15.4. The van der Waals surface area contributed by atoms with Gasteiger partial charge in [-0.05, 0) is 48.9 Å². The third-order valence-electron chi connectivity index (χ3n) is 3.63. The first-order valence-corrected chi connectivity index (χ1v) is 8.99. The molecular weight excluding hydrogens is 380 g/mol. The van der Waals surface area contributed by atoms with Gasteiger partial charge in [-0.25, -0.2) is 9.38 Å². The van der Waals surface area contributed by atoms with Crippen LogP contribution in [0.2, 0.25) is 0 Å². The second-order valence-electron chi connectivity index (χ2n) is 6.03. The van der Waals surface area contributed by atoms with E-state index in [-0.39, 0.29) is 5.69 Å². The van der Waals surface area contributed by atoms with Crippen molar-refractivity contribution in [3.63, 3.8) is 0 Å². The molecule has 0 aliphatic rings. The summed E-state index contributed by atoms with van der Waals surface area (Å²) >= 11 is 0.622. The number of benzene rings is 2. The number of thioether (sulfide) groups is 1. The van der Waals surface area contributed by atoms with Crippen LogP contribution in [-0.2, 0) is 0 Å². The lowest BCUT2D eigenvalue weighted by Crippen LogP contribution is -2.22. The summed E-state index contributed by atoms with van der Waals surface area (Å²) in [6.45, 7) is 1.58. The maximum atomic E-state index is 14.4. The number of aliphatic imine (C=N–C) groups is 1. The van der Waals surface area contributed by atoms with Gasteiger partial charge in [-0.1, -0.05) is 0 Å². The zero-order valence-corrected chi connectivity index (χ0v) is 16.2. The first kappa shape index (κ1) is 21.1. The van der Waals surface area contributed by atoms with E-state index >= 15 is 0 Å². The van der Waals surface area contributed by atoms with Crippen LogP contribution in [0.1, 0.15) is 11.1 Å². The standard InChI is InChI=1S/C19H20F4N2OS/c1-12-9-15(20)16(10-17(12)27-11-19(21,22)23)24-18(25(2)3)13-5-7-14(26-4)8-6-13/h5-10H,11H2,1-4H3/b24-18+. The first-order valence-electron chi connectivity index (χ1n) is 8.01. The molecule has 2 aromatic carbocycles. The molecule has 0 atom stereocenters. The lowest BCUT2D eigenvalue weighted by molar-refractivity contribution is -0.105. The molecule has 0 spiro atoms. The Morgan fingerprint density at radius 1 is 1.15 bits per heavy atom. The van der Waals surface area contributed by atoms with Gasteiger partial charge in [0, 0.05) is 24.6 Å². The largest absolute Gasteiger partial charge is 0.497 e. The average Bonchev–Trinajstić information content (AvgIpc) is 2.59. The quantitative estimate of drug-likeness (QED) is 0.289. The molecule has 0 aromatic heterocycles. The molecule has 0 aliphatic heterocycles. The maximum absolute atomic E-state index is 14.4. The fourth-order valence-electron chi connectivity index (χ4n) is 2.32. The Balaban J connectivity index is 2.43. The van der Waals surface area contributed by atoms with Crippen LogP contribution in [0, 0.1) is 12.7 Å². The molecule has 27 heavy (non-hydrogen) atoms. The van der Waals surface area contributed by atoms with Crippen molar-refractivity contribution in [2.24, 2.45) is 4.99 Å². The second kappa shape index (κ2) is 8.65. The van der Waals surface area contributed by atoms with Crippen molar-refractivity contribution < 1.29 is 22.3 Å². The van der Waals surface area contributed by atoms with Crippen molar-refractivity contribution in [1.29, 1.82) is 0 Å². The minimum Gasteiger partial charge on any atom is -0.497 e. The SMILES string of the molecule is COc1ccc(/C(=N\c2cc(SCC(F)(F)F)c(C)cc2F)N(C)C)cc1. The van der Waals surface area contributed by atoms with Crippen LogP contribution in [0.25, 0.3) is 0 Å². The van der Waals surface area contributed by atoms with Crippen LogP contribution >= 0.6 is 11.8 Å². The van der Waals surface area contributed by atoms with E-state index < -0.39 is 17.7 Å². The lowest BCUT2D eigenvalue weighted by atomic mass is 10.1. The Kier molecular flexibility index (Phi) is 6.75. The molecule has 0 fully saturated rings. The van der Waals surface area contributed by atoms with Crippen LogP contribution in [0.5, 0.6) is 5.75 Å². The Bertz CT molecular complexity index is 818. The normalized spacial score (nSPS) is 12.2. The van der Waals surface area contributed by atoms with Crippen molar-refractivity contribution in [1.82, 2.24) is 4.90 Å². The molecule has 0 unspecified atom stereocenters. The molecule has 3 nitrogen and oxygen atoms in total. The molecule has 146 valence electrons. The highest BCUT2D eigenvalue weighted by atomic mass is 32.2. The number of aryl methyl sites for hydroxylation is 1. The number of ether oxygens (including phenoxy) is 1. The third-order valence-corrected chi connectivity index (χ3v) is 4.86. The molecule has 2 rings (SSSR count). The molecule has 2 aromatic rings. The molecule has 0 saturated heterocycles. The van der Waals surface area contributed by atoms with Crippen molar-refractivity contribution in [2.75, 3.05) is 27.0 Å². The highest BCUT2D eigenvalue weighted by molar-refractivity contribution is 7.99. The van der Waals surface area contributed by atoms with E-state index in [1.54, 1.807) is 57.3 Å². The summed E-state index contributed by atoms with van der Waals surface area (Å²) in [5.41, 5.74) is 1.16. The van der Waals surface area contributed by atoms with E-state index in [0.29, 0.717) is 33.8 Å². The molecule has 0 heterocycles. The molecule has 0 N–H and O–H groups in total. The third kappa shape index (κ3) is 5.89. The lowest BCUT2D eigenvalue weighted by Gasteiger charge is -2.17. The van der Waals surface area contributed by atoms with Crippen molar-refractivity contribution in [2.45, 2.75) is 18.0 Å². The number of amidine groups is 1. The molecule has 0 aliphatic carbocycles. The zero-order chi connectivity index (χ0) is 20.2. The predicted octanol–water partition coefficient (Wildman–Crippen LogP) is 5.44. The average molecular weight is 400 g/mol. The number of hydrogen-bond donors (Lipinski definition) is 0. The van der Waals surface area contributed by atoms with Gasteiger partial charge in [-0.3, -0.25) is 0 Å². The summed E-state index contributed by atoms with van der Waals surface area (Å²) in [6, 6.07) is 9.63. The Morgan fingerprint density at radius 3 is 2.30 bits per heavy atom. The summed E-state index contributed by atoms with van der Waals surface area (Å²) in [6.07, 6.45) is -4.30. The van der Waals surface area contributed by atoms with Crippen LogP contribution in [0.3, 0.4) is 0 Å². The molecular formula is C19H20F4N2OS. The van der Waals surface area contributed by atoms with E-state index in [2.05, 4.69) is 4.99 Å². The van der Waals surface area contributed by atoms with Crippen LogP contribution in [0.15, 0.2) is 46.3 Å². The minimum atomic E-state index is -4.30. The minimum absolute atomic E-state index is 0.00945. The van der Waals surface area contributed by atoms with Gasteiger partial charge in [0.25, 0.3) is 0 Å². The van der Waals surface area contributed by atoms with Crippen LogP contribution in [-0.4, -0.2) is 43.9 Å². The molecule has 0 bridgehead atoms. The number of rotatable bonds is 5. The number of nitrogens with zero attached hydrogens (tertiary/aromatic N) is 2. The Labute approximate surface area is 160 Å². The molecule has 0 saturated carbocycles. The maximum Gasteiger partial charge on any atom is 0.398 e. The van der Waals surface area contributed by atoms with Gasteiger partial charge in [0.15, 0.2) is 0 Å². The highest BCUT2D eigenvalue weighted by Gasteiger charge is 2.27. The number of halogens is 4. The summed E-state index contributed by atoms with van der Waals surface area (Å²) in [5.74, 6) is -0.477. The summed E-state index contributed by atoms with van der Waals surface area (Å²) in [5, 5.41) is 0. The van der Waals surface area contributed by atoms with E-state index in [0.717, 1.165) is 5.56 Å². The van der Waals surface area contributed by atoms with Crippen LogP contribution in [0.4, 0.5) is 23.2 Å². The van der Waals surface area contributed by atoms with Gasteiger partial charge < -0.3 is 9.64 Å². The van der Waals surface area contributed by atoms with E-state index in [9.17, 15) is 17.6 Å². The van der Waals surface area contributed by atoms with Gasteiger partial charge in [0.2, 0.25) is 0 Å². The van der Waals surface area contributed by atoms with E-state index in [1.807, 2.05) is 0 Å². The van der Waals surface area contributed by atoms with Crippen molar-refractivity contribution in [3.8, 4) is 5.75 Å². The molecule has 8 heteroatoms. The van der Waals surface area contributed by atoms with E-state index in [1.165, 1.54) is 12.1 Å². The highest BCUT2D eigenvalue weighted by Crippen LogP contribution is 2.33. The van der Waals surface area contributed by atoms with Gasteiger partial charge in [-0.2, -0.15) is 13.2 Å². The summed E-state index contributed by atoms with van der Waals surface area (Å²) in [4.78, 5) is 6.42. The number of alkyl halides is 3. The molecule has 0 radical (unpaired) electrons. The van der Waals surface area contributed by atoms with Crippen LogP contribution < -0.4 is 4.74 Å². The second-order valence-corrected chi connectivity index (χ2v) is 7.05. The van der Waals surface area contributed by atoms with Crippen molar-refractivity contribution >= 4 is 23.3 Å². The van der Waals surface area contributed by atoms with Gasteiger partial charge in [-0.15, -0.1) is 11.8 Å². The van der Waals surface area contributed by atoms with E-state index in [4.69, 9.17) is 4.74 Å². The first-order chi connectivity index (χ1) is 12.6. The Morgan fingerprint density at radius 2 is 1.78 bits per heavy atom. The smallest absolute Gasteiger partial charge is 0.398 e. The Hall–Kier alpha value is -2.22. The van der Waals surface area contributed by atoms with Gasteiger partial charge in [0.1, 0.15) is 23.1 Å². The summed E-state index contributed by atoms with van der Waals surface area (Å²) in [7, 11) is 5.07. The monoisotopic (exact) mass is 400 g/mol. The summed E-state index contributed by atoms with van der Waals surface area (Å²) < 4.78 is 57.0. The predicted molar refractivity (Wildman–Crippen MR) is 101 cm³/mol. The topological polar surface area (TPSA) is 24.8 Å². The van der Waals surface area contributed by atoms with Gasteiger partial charge in [0.05, 0.1) is 12.9 Å². The van der Waals surface area contributed by atoms with Gasteiger partial charge >= 0.3 is 6.18 Å². The van der Waals surface area contributed by atoms with Crippen molar-refractivity contribution in [3.05, 3.63) is 53.3 Å². The fraction of sp³-hybridized carbons (Fsp3) is 0.316. The fourth-order valence-corrected chi connectivity index (χ4v) is 3.12. The number of methoxy groups -OCH3 is 1.